The summed E-state index contributed by atoms with van der Waals surface area (Å²) in [6.45, 7) is 3.68. The highest BCUT2D eigenvalue weighted by molar-refractivity contribution is 7.15. The van der Waals surface area contributed by atoms with Crippen LogP contribution in [0.15, 0.2) is 18.2 Å². The molecule has 0 bridgehead atoms. The monoisotopic (exact) mass is 309 g/mol. The van der Waals surface area contributed by atoms with Crippen LogP contribution in [0.1, 0.15) is 20.9 Å². The van der Waals surface area contributed by atoms with Crippen LogP contribution in [-0.4, -0.2) is 22.1 Å². The van der Waals surface area contributed by atoms with Crippen LogP contribution in [0.5, 0.6) is 0 Å². The minimum absolute atomic E-state index is 0.118. The molecule has 0 fully saturated rings. The van der Waals surface area contributed by atoms with E-state index in [9.17, 15) is 14.0 Å². The maximum absolute atomic E-state index is 13.6. The molecule has 0 aliphatic heterocycles. The fraction of sp³-hybridized carbons (Fsp3) is 0.154. The molecular weight excluding hydrogens is 297 g/mol. The third kappa shape index (κ3) is 3.54. The van der Waals surface area contributed by atoms with Crippen molar-refractivity contribution in [1.82, 2.24) is 4.98 Å². The van der Waals surface area contributed by atoms with Crippen molar-refractivity contribution in [2.75, 3.05) is 10.6 Å². The molecule has 1 aromatic carbocycles. The summed E-state index contributed by atoms with van der Waals surface area (Å²) >= 11 is 1.29. The molecule has 0 aliphatic rings. The molecule has 1 heterocycles. The van der Waals surface area contributed by atoms with Crippen molar-refractivity contribution in [3.63, 3.8) is 0 Å². The smallest absolute Gasteiger partial charge is 0.335 e. The van der Waals surface area contributed by atoms with Crippen molar-refractivity contribution in [3.8, 4) is 0 Å². The predicted molar refractivity (Wildman–Crippen MR) is 77.6 cm³/mol. The van der Waals surface area contributed by atoms with Gasteiger partial charge in [0.1, 0.15) is 5.82 Å². The molecule has 2 aromatic rings. The summed E-state index contributed by atoms with van der Waals surface area (Å²) in [5, 5.41) is 14.0. The molecule has 0 atom stereocenters. The number of carboxylic acid groups (broad SMARTS) is 1. The molecule has 0 saturated heterocycles. The molecular formula is C13H12FN3O3S. The number of nitrogens with zero attached hydrogens (tertiary/aromatic N) is 1. The number of carbonyl (C=O) groups excluding carboxylic acids is 1. The van der Waals surface area contributed by atoms with Gasteiger partial charge in [0.2, 0.25) is 0 Å². The maximum Gasteiger partial charge on any atom is 0.335 e. The number of anilines is 2. The number of urea groups is 1. The van der Waals surface area contributed by atoms with Crippen LogP contribution in [0.25, 0.3) is 0 Å². The number of aryl methyl sites for hydroxylation is 2. The predicted octanol–water partition coefficient (Wildman–Crippen LogP) is 3.24. The number of halogens is 1. The van der Waals surface area contributed by atoms with E-state index in [1.165, 1.54) is 11.3 Å². The Balaban J connectivity index is 2.12. The Labute approximate surface area is 123 Å². The number of carbonyl (C=O) groups is 2. The molecule has 2 rings (SSSR count). The number of rotatable bonds is 3. The van der Waals surface area contributed by atoms with Crippen molar-refractivity contribution in [3.05, 3.63) is 40.2 Å². The Morgan fingerprint density at radius 3 is 2.57 bits per heavy atom. The third-order valence-electron chi connectivity index (χ3n) is 2.71. The first-order valence-corrected chi connectivity index (χ1v) is 6.73. The van der Waals surface area contributed by atoms with E-state index < -0.39 is 17.8 Å². The number of amides is 2. The maximum atomic E-state index is 13.6. The van der Waals surface area contributed by atoms with Crippen molar-refractivity contribution in [2.45, 2.75) is 13.8 Å². The Morgan fingerprint density at radius 1 is 1.29 bits per heavy atom. The van der Waals surface area contributed by atoms with Crippen LogP contribution in [0, 0.1) is 19.7 Å². The Hall–Kier alpha value is -2.48. The molecule has 3 N–H and O–H groups in total. The number of aromatic nitrogens is 1. The molecule has 0 saturated carbocycles. The highest BCUT2D eigenvalue weighted by Gasteiger charge is 2.12. The molecule has 21 heavy (non-hydrogen) atoms. The minimum atomic E-state index is -1.20. The van der Waals surface area contributed by atoms with Gasteiger partial charge in [0.15, 0.2) is 5.13 Å². The number of benzene rings is 1. The topological polar surface area (TPSA) is 91.3 Å². The Morgan fingerprint density at radius 2 is 2.00 bits per heavy atom. The van der Waals surface area contributed by atoms with Crippen LogP contribution in [0.4, 0.5) is 20.0 Å². The molecule has 2 amide bonds. The van der Waals surface area contributed by atoms with E-state index in [0.29, 0.717) is 5.13 Å². The van der Waals surface area contributed by atoms with E-state index in [0.717, 1.165) is 28.8 Å². The third-order valence-corrected chi connectivity index (χ3v) is 3.70. The highest BCUT2D eigenvalue weighted by Crippen LogP contribution is 2.22. The first-order valence-electron chi connectivity index (χ1n) is 5.91. The van der Waals surface area contributed by atoms with Gasteiger partial charge in [-0.3, -0.25) is 5.32 Å². The number of hydrogen-bond acceptors (Lipinski definition) is 4. The standard InChI is InChI=1S/C13H12FN3O3S/c1-6-7(2)21-13(15-6)17-12(20)16-10-5-8(11(18)19)3-4-9(10)14/h3-5H,1-2H3,(H,18,19)(H2,15,16,17,20). The van der Waals surface area contributed by atoms with Gasteiger partial charge in [-0.15, -0.1) is 11.3 Å². The summed E-state index contributed by atoms with van der Waals surface area (Å²) < 4.78 is 13.6. The van der Waals surface area contributed by atoms with Crippen molar-refractivity contribution in [1.29, 1.82) is 0 Å². The van der Waals surface area contributed by atoms with E-state index in [2.05, 4.69) is 15.6 Å². The molecule has 0 spiro atoms. The van der Waals surface area contributed by atoms with Crippen LogP contribution < -0.4 is 10.6 Å². The lowest BCUT2D eigenvalue weighted by molar-refractivity contribution is 0.0697. The summed E-state index contributed by atoms with van der Waals surface area (Å²) in [5.41, 5.74) is 0.472. The number of carboxylic acids is 1. The second-order valence-corrected chi connectivity index (χ2v) is 5.44. The Bertz CT molecular complexity index is 695. The normalized spacial score (nSPS) is 10.2. The minimum Gasteiger partial charge on any atom is -0.478 e. The fourth-order valence-electron chi connectivity index (χ4n) is 1.53. The van der Waals surface area contributed by atoms with Gasteiger partial charge in [0, 0.05) is 4.88 Å². The van der Waals surface area contributed by atoms with Gasteiger partial charge in [-0.25, -0.2) is 19.0 Å². The fourth-order valence-corrected chi connectivity index (χ4v) is 2.34. The van der Waals surface area contributed by atoms with E-state index in [1.54, 1.807) is 0 Å². The highest BCUT2D eigenvalue weighted by atomic mass is 32.1. The van der Waals surface area contributed by atoms with E-state index >= 15 is 0 Å². The molecule has 110 valence electrons. The summed E-state index contributed by atoms with van der Waals surface area (Å²) in [4.78, 5) is 27.7. The van der Waals surface area contributed by atoms with E-state index in [-0.39, 0.29) is 11.3 Å². The zero-order chi connectivity index (χ0) is 15.6. The van der Waals surface area contributed by atoms with E-state index in [4.69, 9.17) is 5.11 Å². The largest absolute Gasteiger partial charge is 0.478 e. The first-order chi connectivity index (χ1) is 9.86. The molecule has 8 heteroatoms. The van der Waals surface area contributed by atoms with Gasteiger partial charge in [-0.05, 0) is 32.0 Å². The van der Waals surface area contributed by atoms with Crippen LogP contribution >= 0.6 is 11.3 Å². The second-order valence-electron chi connectivity index (χ2n) is 4.24. The zero-order valence-corrected chi connectivity index (χ0v) is 12.0. The van der Waals surface area contributed by atoms with Crippen molar-refractivity contribution < 1.29 is 19.1 Å². The molecule has 0 radical (unpaired) electrons. The lowest BCUT2D eigenvalue weighted by atomic mass is 10.2. The van der Waals surface area contributed by atoms with Crippen molar-refractivity contribution >= 4 is 34.2 Å². The van der Waals surface area contributed by atoms with Gasteiger partial charge in [-0.1, -0.05) is 0 Å². The SMILES string of the molecule is Cc1nc(NC(=O)Nc2cc(C(=O)O)ccc2F)sc1C. The van der Waals surface area contributed by atoms with Crippen molar-refractivity contribution in [2.24, 2.45) is 0 Å². The Kier molecular flexibility index (Phi) is 4.18. The van der Waals surface area contributed by atoms with Crippen LogP contribution in [0.3, 0.4) is 0 Å². The molecule has 1 aromatic heterocycles. The average molecular weight is 309 g/mol. The van der Waals surface area contributed by atoms with Crippen LogP contribution in [0.2, 0.25) is 0 Å². The molecule has 6 nitrogen and oxygen atoms in total. The molecule has 0 unspecified atom stereocenters. The van der Waals surface area contributed by atoms with Gasteiger partial charge < -0.3 is 10.4 Å². The van der Waals surface area contributed by atoms with Gasteiger partial charge in [-0.2, -0.15) is 0 Å². The summed E-state index contributed by atoms with van der Waals surface area (Å²) in [6, 6.07) is 2.46. The summed E-state index contributed by atoms with van der Waals surface area (Å²) in [7, 11) is 0. The van der Waals surface area contributed by atoms with Crippen LogP contribution in [-0.2, 0) is 0 Å². The number of aromatic carboxylic acids is 1. The lowest BCUT2D eigenvalue weighted by Gasteiger charge is -2.07. The quantitative estimate of drug-likeness (QED) is 0.811. The number of thiazole rings is 1. The first kappa shape index (κ1) is 14.9. The second kappa shape index (κ2) is 5.88. The average Bonchev–Trinajstić information content (AvgIpc) is 2.70. The summed E-state index contributed by atoms with van der Waals surface area (Å²) in [5.74, 6) is -1.92. The molecule has 0 aliphatic carbocycles. The zero-order valence-electron chi connectivity index (χ0n) is 11.2. The number of nitrogens with one attached hydrogen (secondary N) is 2. The van der Waals surface area contributed by atoms with Gasteiger partial charge >= 0.3 is 12.0 Å². The van der Waals surface area contributed by atoms with Gasteiger partial charge in [0.25, 0.3) is 0 Å². The van der Waals surface area contributed by atoms with E-state index in [1.807, 2.05) is 13.8 Å². The summed E-state index contributed by atoms with van der Waals surface area (Å²) in [6.07, 6.45) is 0. The lowest BCUT2D eigenvalue weighted by Crippen LogP contribution is -2.20. The number of hydrogen-bond donors (Lipinski definition) is 3. The van der Waals surface area contributed by atoms with Gasteiger partial charge in [0.05, 0.1) is 16.9 Å².